The van der Waals surface area contributed by atoms with Crippen molar-refractivity contribution < 1.29 is 0 Å². The van der Waals surface area contributed by atoms with Crippen LogP contribution >= 0.6 is 0 Å². The number of nitrogens with two attached hydrogens (primary N) is 1. The van der Waals surface area contributed by atoms with Crippen LogP contribution in [0.25, 0.3) is 0 Å². The molecule has 2 aromatic rings. The fourth-order valence-corrected chi connectivity index (χ4v) is 1.96. The van der Waals surface area contributed by atoms with E-state index in [1.165, 1.54) is 9.13 Å². The van der Waals surface area contributed by atoms with E-state index < -0.39 is 11.1 Å². The quantitative estimate of drug-likeness (QED) is 0.809. The predicted molar refractivity (Wildman–Crippen MR) is 74.1 cm³/mol. The van der Waals surface area contributed by atoms with E-state index in [0.717, 1.165) is 16.7 Å². The molecular weight excluding hydrogens is 242 g/mol. The highest BCUT2D eigenvalue weighted by atomic mass is 16.2. The van der Waals surface area contributed by atoms with E-state index in [2.05, 4.69) is 0 Å². The van der Waals surface area contributed by atoms with E-state index in [9.17, 15) is 9.59 Å². The molecule has 0 aliphatic carbocycles. The smallest absolute Gasteiger partial charge is 0.316 e. The minimum absolute atomic E-state index is 0.394. The second kappa shape index (κ2) is 5.24. The highest BCUT2D eigenvalue weighted by Gasteiger charge is 2.05. The van der Waals surface area contributed by atoms with Crippen molar-refractivity contribution in [2.75, 3.05) is 0 Å². The standard InChI is InChI=1S/C14H17N3O2/c1-10-7-11(8-15)3-4-12(10)9-17-6-5-16(2)13(18)14(17)19/h3-7H,8-9,15H2,1-2H3. The Morgan fingerprint density at radius 3 is 2.53 bits per heavy atom. The number of aromatic nitrogens is 2. The van der Waals surface area contributed by atoms with Crippen LogP contribution in [0.5, 0.6) is 0 Å². The zero-order valence-corrected chi connectivity index (χ0v) is 11.1. The molecule has 0 aliphatic heterocycles. The highest BCUT2D eigenvalue weighted by molar-refractivity contribution is 5.31. The SMILES string of the molecule is Cc1cc(CN)ccc1Cn1ccn(C)c(=O)c1=O. The lowest BCUT2D eigenvalue weighted by Crippen LogP contribution is -2.39. The van der Waals surface area contributed by atoms with Gasteiger partial charge in [-0.3, -0.25) is 9.59 Å². The van der Waals surface area contributed by atoms with Crippen LogP contribution in [-0.4, -0.2) is 9.13 Å². The molecule has 5 nitrogen and oxygen atoms in total. The molecule has 0 amide bonds. The Bertz CT molecular complexity index is 713. The Morgan fingerprint density at radius 2 is 1.89 bits per heavy atom. The van der Waals surface area contributed by atoms with Crippen LogP contribution in [0.4, 0.5) is 0 Å². The first-order chi connectivity index (χ1) is 9.02. The summed E-state index contributed by atoms with van der Waals surface area (Å²) in [5.41, 5.74) is 7.69. The second-order valence-electron chi connectivity index (χ2n) is 4.61. The predicted octanol–water partition coefficient (Wildman–Crippen LogP) is 0.362. The fourth-order valence-electron chi connectivity index (χ4n) is 1.96. The summed E-state index contributed by atoms with van der Waals surface area (Å²) in [5, 5.41) is 0. The zero-order chi connectivity index (χ0) is 14.0. The maximum Gasteiger partial charge on any atom is 0.316 e. The molecule has 19 heavy (non-hydrogen) atoms. The van der Waals surface area contributed by atoms with Crippen molar-refractivity contribution in [2.45, 2.75) is 20.0 Å². The van der Waals surface area contributed by atoms with E-state index >= 15 is 0 Å². The molecule has 0 atom stereocenters. The Balaban J connectivity index is 2.40. The number of hydrogen-bond donors (Lipinski definition) is 1. The number of benzene rings is 1. The molecule has 2 rings (SSSR count). The number of hydrogen-bond acceptors (Lipinski definition) is 3. The summed E-state index contributed by atoms with van der Waals surface area (Å²) in [4.78, 5) is 23.4. The lowest BCUT2D eigenvalue weighted by Gasteiger charge is -2.10. The van der Waals surface area contributed by atoms with Crippen molar-refractivity contribution in [3.63, 3.8) is 0 Å². The van der Waals surface area contributed by atoms with Gasteiger partial charge in [-0.05, 0) is 23.6 Å². The lowest BCUT2D eigenvalue weighted by molar-refractivity contribution is 0.693. The molecule has 0 spiro atoms. The van der Waals surface area contributed by atoms with Crippen LogP contribution in [0.3, 0.4) is 0 Å². The summed E-state index contributed by atoms with van der Waals surface area (Å²) in [6.07, 6.45) is 3.22. The third-order valence-electron chi connectivity index (χ3n) is 3.22. The topological polar surface area (TPSA) is 70.0 Å². The Labute approximate surface area is 110 Å². The first-order valence-corrected chi connectivity index (χ1v) is 6.07. The molecule has 0 saturated heterocycles. The first-order valence-electron chi connectivity index (χ1n) is 6.07. The maximum absolute atomic E-state index is 11.8. The minimum atomic E-state index is -0.515. The summed E-state index contributed by atoms with van der Waals surface area (Å²) in [6, 6.07) is 5.89. The van der Waals surface area contributed by atoms with Crippen LogP contribution in [-0.2, 0) is 20.1 Å². The summed E-state index contributed by atoms with van der Waals surface area (Å²) < 4.78 is 2.70. The molecule has 1 aromatic carbocycles. The Morgan fingerprint density at radius 1 is 1.16 bits per heavy atom. The van der Waals surface area contributed by atoms with Crippen LogP contribution < -0.4 is 16.9 Å². The van der Waals surface area contributed by atoms with Gasteiger partial charge in [0.25, 0.3) is 0 Å². The van der Waals surface area contributed by atoms with E-state index in [1.807, 2.05) is 25.1 Å². The lowest BCUT2D eigenvalue weighted by atomic mass is 10.1. The van der Waals surface area contributed by atoms with Crippen LogP contribution in [0.1, 0.15) is 16.7 Å². The zero-order valence-electron chi connectivity index (χ0n) is 11.1. The highest BCUT2D eigenvalue weighted by Crippen LogP contribution is 2.11. The largest absolute Gasteiger partial charge is 0.326 e. The number of rotatable bonds is 3. The van der Waals surface area contributed by atoms with Crippen molar-refractivity contribution in [2.24, 2.45) is 12.8 Å². The van der Waals surface area contributed by atoms with Gasteiger partial charge in [0.1, 0.15) is 0 Å². The van der Waals surface area contributed by atoms with Gasteiger partial charge in [0, 0.05) is 26.0 Å². The van der Waals surface area contributed by atoms with Crippen molar-refractivity contribution in [1.29, 1.82) is 0 Å². The first kappa shape index (κ1) is 13.3. The molecule has 1 aromatic heterocycles. The molecule has 0 fully saturated rings. The van der Waals surface area contributed by atoms with Gasteiger partial charge in [0.15, 0.2) is 0 Å². The van der Waals surface area contributed by atoms with Gasteiger partial charge in [-0.1, -0.05) is 18.2 Å². The average molecular weight is 259 g/mol. The summed E-state index contributed by atoms with van der Waals surface area (Å²) >= 11 is 0. The molecule has 0 radical (unpaired) electrons. The summed E-state index contributed by atoms with van der Waals surface area (Å²) in [5.74, 6) is 0. The molecular formula is C14H17N3O2. The van der Waals surface area contributed by atoms with Crippen molar-refractivity contribution in [3.8, 4) is 0 Å². The van der Waals surface area contributed by atoms with Crippen LogP contribution in [0.15, 0.2) is 40.2 Å². The molecule has 0 saturated carbocycles. The van der Waals surface area contributed by atoms with Crippen molar-refractivity contribution >= 4 is 0 Å². The van der Waals surface area contributed by atoms with E-state index in [-0.39, 0.29) is 0 Å². The third kappa shape index (κ3) is 2.66. The van der Waals surface area contributed by atoms with Crippen molar-refractivity contribution in [1.82, 2.24) is 9.13 Å². The maximum atomic E-state index is 11.8. The summed E-state index contributed by atoms with van der Waals surface area (Å²) in [6.45, 7) is 2.86. The monoisotopic (exact) mass is 259 g/mol. The second-order valence-corrected chi connectivity index (χ2v) is 4.61. The van der Waals surface area contributed by atoms with Gasteiger partial charge in [-0.15, -0.1) is 0 Å². The van der Waals surface area contributed by atoms with E-state index in [1.54, 1.807) is 19.4 Å². The molecule has 0 bridgehead atoms. The van der Waals surface area contributed by atoms with Gasteiger partial charge in [0.05, 0.1) is 6.54 Å². The molecule has 1 heterocycles. The van der Waals surface area contributed by atoms with Gasteiger partial charge < -0.3 is 14.9 Å². The van der Waals surface area contributed by atoms with E-state index in [0.29, 0.717) is 13.1 Å². The average Bonchev–Trinajstić information content (AvgIpc) is 2.41. The Kier molecular flexibility index (Phi) is 3.66. The molecule has 5 heteroatoms. The van der Waals surface area contributed by atoms with Gasteiger partial charge in [-0.25, -0.2) is 0 Å². The molecule has 100 valence electrons. The van der Waals surface area contributed by atoms with Crippen molar-refractivity contribution in [3.05, 3.63) is 68.0 Å². The summed E-state index contributed by atoms with van der Waals surface area (Å²) in [7, 11) is 1.56. The molecule has 0 aliphatic rings. The number of nitrogens with zero attached hydrogens (tertiary/aromatic N) is 2. The minimum Gasteiger partial charge on any atom is -0.326 e. The van der Waals surface area contributed by atoms with Gasteiger partial charge in [0.2, 0.25) is 0 Å². The Hall–Kier alpha value is -2.14. The van der Waals surface area contributed by atoms with Crippen LogP contribution in [0, 0.1) is 6.92 Å². The molecule has 2 N–H and O–H groups in total. The van der Waals surface area contributed by atoms with E-state index in [4.69, 9.17) is 5.73 Å². The fraction of sp³-hybridized carbons (Fsp3) is 0.286. The molecule has 0 unspecified atom stereocenters. The van der Waals surface area contributed by atoms with Gasteiger partial charge in [-0.2, -0.15) is 0 Å². The van der Waals surface area contributed by atoms with Crippen LogP contribution in [0.2, 0.25) is 0 Å². The number of aryl methyl sites for hydroxylation is 2. The van der Waals surface area contributed by atoms with Gasteiger partial charge >= 0.3 is 11.1 Å². The normalized spacial score (nSPS) is 10.7. The third-order valence-corrected chi connectivity index (χ3v) is 3.22.